The van der Waals surface area contributed by atoms with Gasteiger partial charge in [0.05, 0.1) is 0 Å². The molecule has 0 radical (unpaired) electrons. The van der Waals surface area contributed by atoms with Crippen molar-refractivity contribution in [2.45, 2.75) is 26.4 Å². The van der Waals surface area contributed by atoms with E-state index < -0.39 is 0 Å². The monoisotopic (exact) mass is 183 g/mol. The standard InChI is InChI=1S/C5H7N.C5H10O2/c1-2-4-6-5-3-1;1-5(2,3)7-4-6/h1-4,6H,5H2;4H,1-3H3. The number of allylic oxidation sites excluding steroid dienone is 2. The summed E-state index contributed by atoms with van der Waals surface area (Å²) in [5.74, 6) is 0. The molecule has 3 heteroatoms. The van der Waals surface area contributed by atoms with Crippen LogP contribution in [-0.2, 0) is 9.53 Å². The van der Waals surface area contributed by atoms with E-state index >= 15 is 0 Å². The van der Waals surface area contributed by atoms with Crippen LogP contribution in [0.2, 0.25) is 0 Å². The molecule has 0 unspecified atom stereocenters. The summed E-state index contributed by atoms with van der Waals surface area (Å²) in [6, 6.07) is 0. The van der Waals surface area contributed by atoms with Gasteiger partial charge in [0.25, 0.3) is 6.47 Å². The highest BCUT2D eigenvalue weighted by atomic mass is 16.5. The van der Waals surface area contributed by atoms with E-state index in [1.54, 1.807) is 0 Å². The molecule has 0 aliphatic carbocycles. The highest BCUT2D eigenvalue weighted by Crippen LogP contribution is 2.02. The van der Waals surface area contributed by atoms with Crippen LogP contribution in [0.3, 0.4) is 0 Å². The largest absolute Gasteiger partial charge is 0.462 e. The topological polar surface area (TPSA) is 38.3 Å². The lowest BCUT2D eigenvalue weighted by atomic mass is 10.2. The van der Waals surface area contributed by atoms with Crippen LogP contribution in [0.25, 0.3) is 0 Å². The van der Waals surface area contributed by atoms with E-state index in [1.165, 1.54) is 0 Å². The first-order valence-corrected chi connectivity index (χ1v) is 4.23. The van der Waals surface area contributed by atoms with E-state index in [4.69, 9.17) is 0 Å². The van der Waals surface area contributed by atoms with Crippen LogP contribution in [0.15, 0.2) is 24.4 Å². The van der Waals surface area contributed by atoms with Crippen LogP contribution in [0.1, 0.15) is 20.8 Å². The lowest BCUT2D eigenvalue weighted by molar-refractivity contribution is -0.138. The van der Waals surface area contributed by atoms with Crippen LogP contribution in [0.4, 0.5) is 0 Å². The number of carbonyl (C=O) groups excluding carboxylic acids is 1. The van der Waals surface area contributed by atoms with Gasteiger partial charge in [-0.3, -0.25) is 4.79 Å². The van der Waals surface area contributed by atoms with Gasteiger partial charge in [0, 0.05) is 6.54 Å². The average molecular weight is 183 g/mol. The minimum Gasteiger partial charge on any atom is -0.462 e. The predicted octanol–water partition coefficient (Wildman–Crippen LogP) is 1.62. The molecule has 3 nitrogen and oxygen atoms in total. The summed E-state index contributed by atoms with van der Waals surface area (Å²) in [5.41, 5.74) is -0.318. The summed E-state index contributed by atoms with van der Waals surface area (Å²) in [6.45, 7) is 6.90. The third-order valence-electron chi connectivity index (χ3n) is 1.10. The van der Waals surface area contributed by atoms with Gasteiger partial charge in [-0.15, -0.1) is 0 Å². The zero-order chi connectivity index (χ0) is 10.2. The Morgan fingerprint density at radius 2 is 2.08 bits per heavy atom. The Labute approximate surface area is 79.5 Å². The number of hydrogen-bond acceptors (Lipinski definition) is 3. The molecule has 1 heterocycles. The Hall–Kier alpha value is -1.25. The number of ether oxygens (including phenoxy) is 1. The fraction of sp³-hybridized carbons (Fsp3) is 0.500. The molecule has 0 aromatic heterocycles. The first-order chi connectivity index (χ1) is 6.06. The van der Waals surface area contributed by atoms with Gasteiger partial charge in [0.2, 0.25) is 0 Å². The van der Waals surface area contributed by atoms with E-state index in [1.807, 2.05) is 39.1 Å². The maximum absolute atomic E-state index is 9.60. The molecule has 0 fully saturated rings. The van der Waals surface area contributed by atoms with Crippen LogP contribution in [0.5, 0.6) is 0 Å². The lowest BCUT2D eigenvalue weighted by Crippen LogP contribution is -2.17. The van der Waals surface area contributed by atoms with E-state index in [2.05, 4.69) is 16.1 Å². The summed E-state index contributed by atoms with van der Waals surface area (Å²) in [4.78, 5) is 9.60. The summed E-state index contributed by atoms with van der Waals surface area (Å²) in [7, 11) is 0. The van der Waals surface area contributed by atoms with Crippen LogP contribution >= 0.6 is 0 Å². The van der Waals surface area contributed by atoms with Crippen LogP contribution < -0.4 is 5.32 Å². The van der Waals surface area contributed by atoms with E-state index in [0.717, 1.165) is 6.54 Å². The molecule has 0 bridgehead atoms. The first kappa shape index (κ1) is 11.8. The predicted molar refractivity (Wildman–Crippen MR) is 53.2 cm³/mol. The van der Waals surface area contributed by atoms with Crippen molar-refractivity contribution >= 4 is 6.47 Å². The summed E-state index contributed by atoms with van der Waals surface area (Å²) < 4.78 is 4.55. The smallest absolute Gasteiger partial charge is 0.293 e. The molecule has 0 aromatic carbocycles. The highest BCUT2D eigenvalue weighted by Gasteiger charge is 2.07. The summed E-state index contributed by atoms with van der Waals surface area (Å²) >= 11 is 0. The molecular formula is C10H17NO2. The second-order valence-corrected chi connectivity index (χ2v) is 3.52. The summed E-state index contributed by atoms with van der Waals surface area (Å²) in [5, 5.41) is 3.02. The van der Waals surface area contributed by atoms with Gasteiger partial charge in [0.15, 0.2) is 0 Å². The lowest BCUT2D eigenvalue weighted by Gasteiger charge is -2.14. The Morgan fingerprint density at radius 1 is 1.38 bits per heavy atom. The van der Waals surface area contributed by atoms with Crippen LogP contribution in [-0.4, -0.2) is 18.6 Å². The van der Waals surface area contributed by atoms with Crippen molar-refractivity contribution in [1.82, 2.24) is 5.32 Å². The third-order valence-corrected chi connectivity index (χ3v) is 1.10. The molecule has 74 valence electrons. The van der Waals surface area contributed by atoms with Crippen molar-refractivity contribution in [1.29, 1.82) is 0 Å². The highest BCUT2D eigenvalue weighted by molar-refractivity contribution is 5.37. The van der Waals surface area contributed by atoms with Crippen molar-refractivity contribution in [3.63, 3.8) is 0 Å². The molecule has 0 saturated heterocycles. The SMILES string of the molecule is C1=CCNC=C1.CC(C)(C)OC=O. The molecule has 0 saturated carbocycles. The van der Waals surface area contributed by atoms with Gasteiger partial charge >= 0.3 is 0 Å². The zero-order valence-electron chi connectivity index (χ0n) is 8.41. The van der Waals surface area contributed by atoms with Gasteiger partial charge in [-0.25, -0.2) is 0 Å². The average Bonchev–Trinajstić information content (AvgIpc) is 2.06. The van der Waals surface area contributed by atoms with Crippen molar-refractivity contribution < 1.29 is 9.53 Å². The molecule has 0 atom stereocenters. The van der Waals surface area contributed by atoms with E-state index in [0.29, 0.717) is 6.47 Å². The van der Waals surface area contributed by atoms with Crippen molar-refractivity contribution in [3.05, 3.63) is 24.4 Å². The quantitative estimate of drug-likeness (QED) is 0.628. The molecule has 1 rings (SSSR count). The Balaban J connectivity index is 0.000000223. The molecule has 0 amide bonds. The van der Waals surface area contributed by atoms with Gasteiger partial charge in [-0.2, -0.15) is 0 Å². The number of hydrogen-bond donors (Lipinski definition) is 1. The summed E-state index contributed by atoms with van der Waals surface area (Å²) in [6.07, 6.45) is 8.00. The maximum Gasteiger partial charge on any atom is 0.293 e. The number of dihydropyridines is 1. The van der Waals surface area contributed by atoms with Crippen LogP contribution in [0, 0.1) is 0 Å². The maximum atomic E-state index is 9.60. The Bertz CT molecular complexity index is 178. The number of nitrogens with one attached hydrogen (secondary N) is 1. The van der Waals surface area contributed by atoms with Crippen molar-refractivity contribution in [3.8, 4) is 0 Å². The van der Waals surface area contributed by atoms with E-state index in [-0.39, 0.29) is 5.60 Å². The normalized spacial score (nSPS) is 13.8. The minimum atomic E-state index is -0.318. The number of carbonyl (C=O) groups is 1. The Morgan fingerprint density at radius 3 is 2.15 bits per heavy atom. The molecule has 0 aromatic rings. The third kappa shape index (κ3) is 10.8. The molecule has 0 spiro atoms. The van der Waals surface area contributed by atoms with Gasteiger partial charge < -0.3 is 10.1 Å². The first-order valence-electron chi connectivity index (χ1n) is 4.23. The second kappa shape index (κ2) is 6.29. The molecule has 1 aliphatic heterocycles. The zero-order valence-corrected chi connectivity index (χ0v) is 8.41. The molecule has 1 N–H and O–H groups in total. The number of rotatable bonds is 1. The fourth-order valence-electron chi connectivity index (χ4n) is 0.551. The Kier molecular flexibility index (Phi) is 5.68. The van der Waals surface area contributed by atoms with Gasteiger partial charge in [-0.1, -0.05) is 12.2 Å². The van der Waals surface area contributed by atoms with Gasteiger partial charge in [0.1, 0.15) is 5.60 Å². The fourth-order valence-corrected chi connectivity index (χ4v) is 0.551. The minimum absolute atomic E-state index is 0.318. The van der Waals surface area contributed by atoms with Crippen molar-refractivity contribution in [2.24, 2.45) is 0 Å². The molecule has 1 aliphatic rings. The van der Waals surface area contributed by atoms with E-state index in [9.17, 15) is 4.79 Å². The molecular weight excluding hydrogens is 166 g/mol. The van der Waals surface area contributed by atoms with Gasteiger partial charge in [-0.05, 0) is 33.0 Å². The van der Waals surface area contributed by atoms with Crippen molar-refractivity contribution in [2.75, 3.05) is 6.54 Å². The second-order valence-electron chi connectivity index (χ2n) is 3.52. The molecule has 13 heavy (non-hydrogen) atoms.